The van der Waals surface area contributed by atoms with Gasteiger partial charge in [0.2, 0.25) is 10.0 Å². The van der Waals surface area contributed by atoms with Crippen molar-refractivity contribution in [3.05, 3.63) is 11.1 Å². The summed E-state index contributed by atoms with van der Waals surface area (Å²) >= 11 is 1.46. The second kappa shape index (κ2) is 9.84. The number of ether oxygens (including phenoxy) is 1. The molecule has 0 bridgehead atoms. The lowest BCUT2D eigenvalue weighted by Crippen LogP contribution is -2.31. The molecule has 0 unspecified atom stereocenters. The van der Waals surface area contributed by atoms with Crippen molar-refractivity contribution in [1.82, 2.24) is 9.71 Å². The molecule has 0 amide bonds. The van der Waals surface area contributed by atoms with Crippen LogP contribution >= 0.6 is 11.3 Å². The minimum absolute atomic E-state index is 0.185. The topological polar surface area (TPSA) is 97.4 Å². The number of sulfonamides is 1. The van der Waals surface area contributed by atoms with E-state index in [1.54, 1.807) is 13.8 Å². The van der Waals surface area contributed by atoms with Crippen LogP contribution in [0.15, 0.2) is 5.38 Å². The van der Waals surface area contributed by atoms with Gasteiger partial charge in [-0.05, 0) is 26.7 Å². The number of unbranched alkanes of at least 4 members (excludes halogenated alkanes) is 2. The lowest BCUT2D eigenvalue weighted by molar-refractivity contribution is -0.139. The maximum Gasteiger partial charge on any atom is 0.311 e. The van der Waals surface area contributed by atoms with Gasteiger partial charge in [0.15, 0.2) is 5.13 Å². The van der Waals surface area contributed by atoms with Crippen molar-refractivity contribution in [3.63, 3.8) is 0 Å². The minimum Gasteiger partial charge on any atom is -0.469 e. The van der Waals surface area contributed by atoms with Crippen molar-refractivity contribution in [2.75, 3.05) is 25.5 Å². The molecule has 0 aliphatic rings. The predicted octanol–water partition coefficient (Wildman–Crippen LogP) is 1.77. The highest BCUT2D eigenvalue weighted by atomic mass is 32.2. The molecule has 1 aromatic rings. The Balaban J connectivity index is 2.13. The Morgan fingerprint density at radius 1 is 1.30 bits per heavy atom. The number of carbonyl (C=O) groups excluding carboxylic acids is 1. The summed E-state index contributed by atoms with van der Waals surface area (Å²) in [7, 11) is -1.80. The van der Waals surface area contributed by atoms with Crippen molar-refractivity contribution in [2.24, 2.45) is 0 Å². The molecule has 0 aliphatic heterocycles. The average Bonchev–Trinajstić information content (AvgIpc) is 2.93. The van der Waals surface area contributed by atoms with Gasteiger partial charge in [0.05, 0.1) is 24.5 Å². The molecule has 132 valence electrons. The maximum atomic E-state index is 11.5. The first-order valence-corrected chi connectivity index (χ1v) is 10.0. The van der Waals surface area contributed by atoms with Gasteiger partial charge in [-0.25, -0.2) is 18.1 Å². The first kappa shape index (κ1) is 19.9. The van der Waals surface area contributed by atoms with Crippen LogP contribution in [0, 0.1) is 0 Å². The Labute approximate surface area is 141 Å². The Morgan fingerprint density at radius 2 is 2.00 bits per heavy atom. The predicted molar refractivity (Wildman–Crippen MR) is 92.2 cm³/mol. The van der Waals surface area contributed by atoms with E-state index in [2.05, 4.69) is 19.8 Å². The number of nitrogens with one attached hydrogen (secondary N) is 2. The van der Waals surface area contributed by atoms with Crippen LogP contribution in [0.25, 0.3) is 0 Å². The van der Waals surface area contributed by atoms with E-state index in [0.29, 0.717) is 12.2 Å². The summed E-state index contributed by atoms with van der Waals surface area (Å²) in [6.45, 7) is 4.56. The number of hydrogen-bond acceptors (Lipinski definition) is 7. The number of thiazole rings is 1. The monoisotopic (exact) mass is 363 g/mol. The molecule has 1 rings (SSSR count). The van der Waals surface area contributed by atoms with Crippen LogP contribution < -0.4 is 10.0 Å². The van der Waals surface area contributed by atoms with Crippen LogP contribution in [-0.4, -0.2) is 44.8 Å². The number of esters is 1. The van der Waals surface area contributed by atoms with Crippen LogP contribution in [0.5, 0.6) is 0 Å². The maximum absolute atomic E-state index is 11.5. The lowest BCUT2D eigenvalue weighted by atomic mass is 10.2. The van der Waals surface area contributed by atoms with E-state index in [9.17, 15) is 13.2 Å². The number of hydrogen-bond donors (Lipinski definition) is 2. The van der Waals surface area contributed by atoms with Gasteiger partial charge in [-0.15, -0.1) is 11.3 Å². The van der Waals surface area contributed by atoms with E-state index in [4.69, 9.17) is 0 Å². The number of anilines is 1. The number of methoxy groups -OCH3 is 1. The second-order valence-corrected chi connectivity index (χ2v) is 8.55. The SMILES string of the molecule is COC(=O)Cc1csc(NCCCCCNS(=O)(=O)C(C)C)n1. The van der Waals surface area contributed by atoms with Crippen LogP contribution in [-0.2, 0) is 26.0 Å². The fraction of sp³-hybridized carbons (Fsp3) is 0.714. The summed E-state index contributed by atoms with van der Waals surface area (Å²) in [5.41, 5.74) is 0.701. The Kier molecular flexibility index (Phi) is 8.49. The summed E-state index contributed by atoms with van der Waals surface area (Å²) < 4.78 is 30.3. The third-order valence-corrected chi connectivity index (χ3v) is 5.86. The van der Waals surface area contributed by atoms with Crippen molar-refractivity contribution in [1.29, 1.82) is 0 Å². The summed E-state index contributed by atoms with van der Waals surface area (Å²) in [6.07, 6.45) is 2.84. The zero-order valence-electron chi connectivity index (χ0n) is 13.8. The molecule has 0 fully saturated rings. The fourth-order valence-corrected chi connectivity index (χ4v) is 3.19. The highest BCUT2D eigenvalue weighted by molar-refractivity contribution is 7.90. The average molecular weight is 364 g/mol. The third-order valence-electron chi connectivity index (χ3n) is 3.16. The molecular formula is C14H25N3O4S2. The van der Waals surface area contributed by atoms with Crippen LogP contribution in [0.4, 0.5) is 5.13 Å². The van der Waals surface area contributed by atoms with Gasteiger partial charge < -0.3 is 10.1 Å². The molecule has 0 radical (unpaired) electrons. The second-order valence-electron chi connectivity index (χ2n) is 5.37. The Hall–Kier alpha value is -1.19. The molecular weight excluding hydrogens is 338 g/mol. The van der Waals surface area contributed by atoms with Gasteiger partial charge in [0.1, 0.15) is 0 Å². The number of carbonyl (C=O) groups is 1. The highest BCUT2D eigenvalue weighted by Gasteiger charge is 2.13. The van der Waals surface area contributed by atoms with E-state index >= 15 is 0 Å². The molecule has 1 aromatic heterocycles. The molecule has 2 N–H and O–H groups in total. The smallest absolute Gasteiger partial charge is 0.311 e. The minimum atomic E-state index is -3.16. The fourth-order valence-electron chi connectivity index (χ4n) is 1.69. The molecule has 0 spiro atoms. The normalized spacial score (nSPS) is 11.7. The first-order valence-electron chi connectivity index (χ1n) is 7.58. The van der Waals surface area contributed by atoms with E-state index < -0.39 is 15.3 Å². The number of aromatic nitrogens is 1. The largest absolute Gasteiger partial charge is 0.469 e. The Bertz CT molecular complexity index is 585. The summed E-state index contributed by atoms with van der Waals surface area (Å²) in [5, 5.41) is 5.42. The van der Waals surface area contributed by atoms with Gasteiger partial charge in [-0.1, -0.05) is 6.42 Å². The molecule has 7 nitrogen and oxygen atoms in total. The standard InChI is InChI=1S/C14H25N3O4S2/c1-11(2)23(19,20)16-8-6-4-5-7-15-14-17-12(10-22-14)9-13(18)21-3/h10-11,16H,4-9H2,1-3H3,(H,15,17). The molecule has 0 aromatic carbocycles. The van der Waals surface area contributed by atoms with Crippen LogP contribution in [0.2, 0.25) is 0 Å². The Morgan fingerprint density at radius 3 is 2.65 bits per heavy atom. The molecule has 0 saturated carbocycles. The summed E-state index contributed by atoms with van der Waals surface area (Å²) in [6, 6.07) is 0. The van der Waals surface area contributed by atoms with Crippen LogP contribution in [0.3, 0.4) is 0 Å². The van der Waals surface area contributed by atoms with E-state index in [1.807, 2.05) is 5.38 Å². The number of rotatable bonds is 11. The molecule has 0 aliphatic carbocycles. The lowest BCUT2D eigenvalue weighted by Gasteiger charge is -2.09. The molecule has 1 heterocycles. The van der Waals surface area contributed by atoms with Crippen molar-refractivity contribution in [3.8, 4) is 0 Å². The molecule has 9 heteroatoms. The van der Waals surface area contributed by atoms with E-state index in [1.165, 1.54) is 18.4 Å². The summed E-state index contributed by atoms with van der Waals surface area (Å²) in [5.74, 6) is -0.300. The van der Waals surface area contributed by atoms with Crippen molar-refractivity contribution >= 4 is 32.5 Å². The molecule has 0 atom stereocenters. The van der Waals surface area contributed by atoms with Gasteiger partial charge in [0.25, 0.3) is 0 Å². The van der Waals surface area contributed by atoms with E-state index in [-0.39, 0.29) is 12.4 Å². The quantitative estimate of drug-likeness (QED) is 0.459. The number of nitrogens with zero attached hydrogens (tertiary/aromatic N) is 1. The highest BCUT2D eigenvalue weighted by Crippen LogP contribution is 2.16. The van der Waals surface area contributed by atoms with Gasteiger partial charge in [-0.3, -0.25) is 4.79 Å². The zero-order chi connectivity index (χ0) is 17.3. The van der Waals surface area contributed by atoms with E-state index in [0.717, 1.165) is 30.9 Å². The molecule has 23 heavy (non-hydrogen) atoms. The van der Waals surface area contributed by atoms with Crippen molar-refractivity contribution in [2.45, 2.75) is 44.8 Å². The van der Waals surface area contributed by atoms with Crippen LogP contribution in [0.1, 0.15) is 38.8 Å². The first-order chi connectivity index (χ1) is 10.8. The van der Waals surface area contributed by atoms with Gasteiger partial charge in [0, 0.05) is 18.5 Å². The summed E-state index contributed by atoms with van der Waals surface area (Å²) in [4.78, 5) is 15.4. The van der Waals surface area contributed by atoms with Gasteiger partial charge >= 0.3 is 5.97 Å². The van der Waals surface area contributed by atoms with Crippen molar-refractivity contribution < 1.29 is 17.9 Å². The molecule has 0 saturated heterocycles. The zero-order valence-corrected chi connectivity index (χ0v) is 15.4. The third kappa shape index (κ3) is 7.76. The van der Waals surface area contributed by atoms with Gasteiger partial charge in [-0.2, -0.15) is 0 Å².